The van der Waals surface area contributed by atoms with Gasteiger partial charge in [0, 0.05) is 60.7 Å². The number of nitrogens with one attached hydrogen (secondary N) is 1. The van der Waals surface area contributed by atoms with Crippen LogP contribution in [0.15, 0.2) is 17.6 Å². The lowest BCUT2D eigenvalue weighted by Gasteiger charge is -2.30. The van der Waals surface area contributed by atoms with Crippen molar-refractivity contribution in [3.63, 3.8) is 0 Å². The lowest BCUT2D eigenvalue weighted by molar-refractivity contribution is 0.0774. The van der Waals surface area contributed by atoms with E-state index in [0.29, 0.717) is 17.2 Å². The molecule has 3 saturated heterocycles. The second kappa shape index (κ2) is 7.65. The minimum absolute atomic E-state index is 0.0702. The SMILES string of the molecule is O=C(N[C@@H]1C[C@@H]2CCN(C2)C1)c1cc2c(C(=O)N3CCSCC3)csc2cn1. The van der Waals surface area contributed by atoms with Gasteiger partial charge in [-0.1, -0.05) is 0 Å². The van der Waals surface area contributed by atoms with Crippen molar-refractivity contribution in [1.82, 2.24) is 20.1 Å². The largest absolute Gasteiger partial charge is 0.347 e. The van der Waals surface area contributed by atoms with Crippen molar-refractivity contribution < 1.29 is 9.59 Å². The summed E-state index contributed by atoms with van der Waals surface area (Å²) >= 11 is 3.40. The van der Waals surface area contributed by atoms with Gasteiger partial charge in [0.25, 0.3) is 11.8 Å². The molecule has 1 N–H and O–H groups in total. The molecule has 8 heteroatoms. The van der Waals surface area contributed by atoms with Gasteiger partial charge in [0.15, 0.2) is 0 Å². The van der Waals surface area contributed by atoms with Crippen molar-refractivity contribution in [1.29, 1.82) is 0 Å². The molecule has 0 spiro atoms. The number of hydrogen-bond acceptors (Lipinski definition) is 6. The molecule has 2 amide bonds. The van der Waals surface area contributed by atoms with E-state index < -0.39 is 0 Å². The summed E-state index contributed by atoms with van der Waals surface area (Å²) in [5.74, 6) is 2.62. The molecule has 28 heavy (non-hydrogen) atoms. The van der Waals surface area contributed by atoms with Crippen molar-refractivity contribution in [2.45, 2.75) is 18.9 Å². The Morgan fingerprint density at radius 1 is 1.18 bits per heavy atom. The maximum atomic E-state index is 12.9. The van der Waals surface area contributed by atoms with Crippen LogP contribution in [0.2, 0.25) is 0 Å². The molecule has 5 heterocycles. The van der Waals surface area contributed by atoms with Gasteiger partial charge in [-0.2, -0.15) is 11.8 Å². The van der Waals surface area contributed by atoms with Gasteiger partial charge in [-0.15, -0.1) is 11.3 Å². The lowest BCUT2D eigenvalue weighted by atomic mass is 9.97. The third kappa shape index (κ3) is 3.53. The third-order valence-corrected chi connectivity index (χ3v) is 7.90. The van der Waals surface area contributed by atoms with E-state index in [2.05, 4.69) is 15.2 Å². The third-order valence-electron chi connectivity index (χ3n) is 6.02. The van der Waals surface area contributed by atoms with Gasteiger partial charge in [0.2, 0.25) is 0 Å². The predicted octanol–water partition coefficient (Wildman–Crippen LogP) is 2.31. The van der Waals surface area contributed by atoms with Gasteiger partial charge in [0.1, 0.15) is 5.69 Å². The molecule has 2 aromatic heterocycles. The van der Waals surface area contributed by atoms with Gasteiger partial charge in [-0.3, -0.25) is 9.59 Å². The standard InChI is InChI=1S/C20H24N4O2S2/c25-19(22-14-7-13-1-2-23(10-13)11-14)17-8-15-16(12-28-18(15)9-21-17)20(26)24-3-5-27-6-4-24/h8-9,12-14H,1-7,10-11H2,(H,22,25)/t13-,14+/m0/s1. The van der Waals surface area contributed by atoms with Crippen molar-refractivity contribution in [3.8, 4) is 0 Å². The van der Waals surface area contributed by atoms with Crippen LogP contribution in [0.25, 0.3) is 10.1 Å². The molecule has 2 bridgehead atoms. The van der Waals surface area contributed by atoms with Crippen molar-refractivity contribution >= 4 is 45.0 Å². The van der Waals surface area contributed by atoms with Crippen LogP contribution in [0.3, 0.4) is 0 Å². The van der Waals surface area contributed by atoms with E-state index in [4.69, 9.17) is 0 Å². The fourth-order valence-corrected chi connectivity index (χ4v) is 6.37. The quantitative estimate of drug-likeness (QED) is 0.832. The van der Waals surface area contributed by atoms with Crippen LogP contribution < -0.4 is 5.32 Å². The minimum Gasteiger partial charge on any atom is -0.347 e. The summed E-state index contributed by atoms with van der Waals surface area (Å²) < 4.78 is 0.952. The number of hydrogen-bond donors (Lipinski definition) is 1. The summed E-state index contributed by atoms with van der Waals surface area (Å²) in [6.07, 6.45) is 4.03. The Balaban J connectivity index is 1.35. The summed E-state index contributed by atoms with van der Waals surface area (Å²) in [6, 6.07) is 1.99. The average molecular weight is 417 g/mol. The number of rotatable bonds is 3. The second-order valence-electron chi connectivity index (χ2n) is 7.94. The number of amides is 2. The Morgan fingerprint density at radius 2 is 2.04 bits per heavy atom. The molecular formula is C20H24N4O2S2. The summed E-state index contributed by atoms with van der Waals surface area (Å²) in [5.41, 5.74) is 1.10. The highest BCUT2D eigenvalue weighted by atomic mass is 32.2. The monoisotopic (exact) mass is 416 g/mol. The average Bonchev–Trinajstić information content (AvgIpc) is 3.30. The summed E-state index contributed by atoms with van der Waals surface area (Å²) in [4.78, 5) is 34.5. The highest BCUT2D eigenvalue weighted by Crippen LogP contribution is 2.29. The highest BCUT2D eigenvalue weighted by molar-refractivity contribution is 7.99. The molecule has 3 fully saturated rings. The van der Waals surface area contributed by atoms with E-state index in [1.165, 1.54) is 24.3 Å². The Morgan fingerprint density at radius 3 is 2.86 bits per heavy atom. The first-order valence-corrected chi connectivity index (χ1v) is 12.0. The normalized spacial score (nSPS) is 27.1. The minimum atomic E-state index is -0.131. The van der Waals surface area contributed by atoms with Crippen LogP contribution in [-0.2, 0) is 0 Å². The zero-order chi connectivity index (χ0) is 19.1. The van der Waals surface area contributed by atoms with Crippen LogP contribution in [0.5, 0.6) is 0 Å². The number of pyridine rings is 1. The van der Waals surface area contributed by atoms with Crippen LogP contribution in [0.4, 0.5) is 0 Å². The lowest BCUT2D eigenvalue weighted by Crippen LogP contribution is -2.47. The first kappa shape index (κ1) is 18.4. The number of piperidine rings is 1. The van der Waals surface area contributed by atoms with Crippen LogP contribution in [0, 0.1) is 5.92 Å². The summed E-state index contributed by atoms with van der Waals surface area (Å²) in [7, 11) is 0. The molecule has 0 radical (unpaired) electrons. The zero-order valence-electron chi connectivity index (χ0n) is 15.7. The molecule has 6 nitrogen and oxygen atoms in total. The van der Waals surface area contributed by atoms with E-state index >= 15 is 0 Å². The van der Waals surface area contributed by atoms with Gasteiger partial charge in [-0.05, 0) is 31.4 Å². The van der Waals surface area contributed by atoms with Gasteiger partial charge in [0.05, 0.1) is 10.3 Å². The smallest absolute Gasteiger partial charge is 0.270 e. The predicted molar refractivity (Wildman–Crippen MR) is 113 cm³/mol. The van der Waals surface area contributed by atoms with E-state index in [1.54, 1.807) is 12.3 Å². The summed E-state index contributed by atoms with van der Waals surface area (Å²) in [5, 5.41) is 5.92. The molecule has 3 aliphatic heterocycles. The van der Waals surface area contributed by atoms with E-state index in [9.17, 15) is 9.59 Å². The van der Waals surface area contributed by atoms with Gasteiger partial charge >= 0.3 is 0 Å². The molecule has 2 aromatic rings. The molecule has 0 aromatic carbocycles. The number of carbonyl (C=O) groups excluding carboxylic acids is 2. The van der Waals surface area contributed by atoms with Gasteiger partial charge < -0.3 is 15.1 Å². The van der Waals surface area contributed by atoms with Crippen molar-refractivity contribution in [2.75, 3.05) is 44.2 Å². The summed E-state index contributed by atoms with van der Waals surface area (Å²) in [6.45, 7) is 4.83. The maximum Gasteiger partial charge on any atom is 0.270 e. The van der Waals surface area contributed by atoms with E-state index in [0.717, 1.165) is 54.2 Å². The number of carbonyl (C=O) groups is 2. The second-order valence-corrected chi connectivity index (χ2v) is 10.1. The Bertz CT molecular complexity index is 897. The number of thiophene rings is 1. The molecule has 148 valence electrons. The molecular weight excluding hydrogens is 392 g/mol. The maximum absolute atomic E-state index is 12.9. The topological polar surface area (TPSA) is 65.5 Å². The Kier molecular flexibility index (Phi) is 5.02. The Labute approximate surface area is 172 Å². The van der Waals surface area contributed by atoms with Crippen LogP contribution in [-0.4, -0.2) is 76.9 Å². The molecule has 5 rings (SSSR count). The fourth-order valence-electron chi connectivity index (χ4n) is 4.58. The number of nitrogens with zero attached hydrogens (tertiary/aromatic N) is 3. The van der Waals surface area contributed by atoms with Gasteiger partial charge in [-0.25, -0.2) is 4.98 Å². The molecule has 0 aliphatic carbocycles. The molecule has 0 saturated carbocycles. The molecule has 1 unspecified atom stereocenters. The first-order valence-electron chi connectivity index (χ1n) is 9.95. The highest BCUT2D eigenvalue weighted by Gasteiger charge is 2.33. The number of thioether (sulfide) groups is 1. The molecule has 3 aliphatic rings. The fraction of sp³-hybridized carbons (Fsp3) is 0.550. The van der Waals surface area contributed by atoms with Crippen molar-refractivity contribution in [3.05, 3.63) is 28.9 Å². The first-order chi connectivity index (χ1) is 13.7. The van der Waals surface area contributed by atoms with E-state index in [1.807, 2.05) is 22.0 Å². The number of aromatic nitrogens is 1. The zero-order valence-corrected chi connectivity index (χ0v) is 17.4. The number of fused-ring (bicyclic) bond motifs is 3. The van der Waals surface area contributed by atoms with Crippen LogP contribution in [0.1, 0.15) is 33.7 Å². The van der Waals surface area contributed by atoms with E-state index in [-0.39, 0.29) is 17.9 Å². The van der Waals surface area contributed by atoms with Crippen LogP contribution >= 0.6 is 23.1 Å². The van der Waals surface area contributed by atoms with Crippen molar-refractivity contribution in [2.24, 2.45) is 5.92 Å². The molecule has 3 atom stereocenters. The Hall–Kier alpha value is -1.64.